The monoisotopic (exact) mass is 461 g/mol. The highest BCUT2D eigenvalue weighted by Crippen LogP contribution is 2.35. The Morgan fingerprint density at radius 1 is 1.06 bits per heavy atom. The van der Waals surface area contributed by atoms with Crippen LogP contribution in [0.3, 0.4) is 0 Å². The summed E-state index contributed by atoms with van der Waals surface area (Å²) in [5.74, 6) is -0.297. The molecule has 0 saturated heterocycles. The molecular formula is C22H15ClF3N3OS. The molecule has 0 aliphatic heterocycles. The number of alkyl halides is 3. The van der Waals surface area contributed by atoms with Crippen molar-refractivity contribution in [2.75, 3.05) is 11.9 Å². The number of carbonyl (C=O) groups excluding carboxylic acids is 1. The molecule has 9 heteroatoms. The zero-order chi connectivity index (χ0) is 22.2. The summed E-state index contributed by atoms with van der Waals surface area (Å²) in [4.78, 5) is 14.9. The maximum Gasteiger partial charge on any atom is 0.435 e. The molecule has 2 aromatic carbocycles. The first-order valence-corrected chi connectivity index (χ1v) is 10.4. The normalized spacial score (nSPS) is 11.5. The summed E-state index contributed by atoms with van der Waals surface area (Å²) < 4.78 is 41.0. The van der Waals surface area contributed by atoms with Crippen molar-refractivity contribution in [3.63, 3.8) is 0 Å². The van der Waals surface area contributed by atoms with Crippen LogP contribution in [0.1, 0.15) is 16.1 Å². The molecule has 0 unspecified atom stereocenters. The number of benzene rings is 2. The highest BCUT2D eigenvalue weighted by molar-refractivity contribution is 7.13. The van der Waals surface area contributed by atoms with Gasteiger partial charge in [-0.15, -0.1) is 11.3 Å². The van der Waals surface area contributed by atoms with E-state index in [1.807, 2.05) is 0 Å². The molecule has 0 fully saturated rings. The van der Waals surface area contributed by atoms with Crippen LogP contribution >= 0.6 is 22.9 Å². The maximum absolute atomic E-state index is 13.3. The number of amides is 1. The first-order valence-electron chi connectivity index (χ1n) is 9.10. The Hall–Kier alpha value is -3.10. The van der Waals surface area contributed by atoms with Crippen LogP contribution in [0.5, 0.6) is 0 Å². The molecule has 31 heavy (non-hydrogen) atoms. The fourth-order valence-electron chi connectivity index (χ4n) is 3.09. The zero-order valence-corrected chi connectivity index (χ0v) is 17.7. The number of anilines is 1. The van der Waals surface area contributed by atoms with Crippen LogP contribution in [0.4, 0.5) is 18.9 Å². The van der Waals surface area contributed by atoms with Crippen molar-refractivity contribution in [3.05, 3.63) is 88.4 Å². The predicted molar refractivity (Wildman–Crippen MR) is 116 cm³/mol. The average Bonchev–Trinajstić information content (AvgIpc) is 3.43. The topological polar surface area (TPSA) is 38.1 Å². The Kier molecular flexibility index (Phi) is 5.60. The molecule has 0 aliphatic rings. The molecule has 4 nitrogen and oxygen atoms in total. The van der Waals surface area contributed by atoms with Crippen molar-refractivity contribution < 1.29 is 18.0 Å². The minimum atomic E-state index is -4.56. The van der Waals surface area contributed by atoms with Crippen LogP contribution in [0.15, 0.2) is 72.1 Å². The number of thiophene rings is 1. The van der Waals surface area contributed by atoms with E-state index in [1.54, 1.807) is 73.1 Å². The number of carbonyl (C=O) groups is 1. The molecule has 0 bridgehead atoms. The molecule has 0 radical (unpaired) electrons. The van der Waals surface area contributed by atoms with Gasteiger partial charge in [-0.05, 0) is 53.9 Å². The maximum atomic E-state index is 13.3. The molecule has 0 N–H and O–H groups in total. The predicted octanol–water partition coefficient (Wildman–Crippen LogP) is 6.55. The van der Waals surface area contributed by atoms with Gasteiger partial charge in [-0.25, -0.2) is 4.68 Å². The van der Waals surface area contributed by atoms with Crippen molar-refractivity contribution in [2.45, 2.75) is 6.18 Å². The fourth-order valence-corrected chi connectivity index (χ4v) is 4.08. The van der Waals surface area contributed by atoms with Crippen molar-refractivity contribution in [1.82, 2.24) is 9.78 Å². The summed E-state index contributed by atoms with van der Waals surface area (Å²) in [5.41, 5.74) is 0.687. The summed E-state index contributed by atoms with van der Waals surface area (Å²) >= 11 is 7.48. The van der Waals surface area contributed by atoms with E-state index in [-0.39, 0.29) is 5.91 Å². The summed E-state index contributed by atoms with van der Waals surface area (Å²) in [5, 5.41) is 5.98. The van der Waals surface area contributed by atoms with E-state index in [1.165, 1.54) is 20.9 Å². The first kappa shape index (κ1) is 21.1. The van der Waals surface area contributed by atoms with E-state index >= 15 is 0 Å². The lowest BCUT2D eigenvalue weighted by atomic mass is 10.1. The smallest absolute Gasteiger partial charge is 0.310 e. The molecule has 0 saturated carbocycles. The lowest BCUT2D eigenvalue weighted by Crippen LogP contribution is -2.26. The van der Waals surface area contributed by atoms with Gasteiger partial charge in [0.1, 0.15) is 0 Å². The molecule has 2 aromatic heterocycles. The Morgan fingerprint density at radius 3 is 2.39 bits per heavy atom. The largest absolute Gasteiger partial charge is 0.435 e. The van der Waals surface area contributed by atoms with Crippen molar-refractivity contribution in [3.8, 4) is 16.3 Å². The number of nitrogens with zero attached hydrogens (tertiary/aromatic N) is 3. The second kappa shape index (κ2) is 8.20. The van der Waals surface area contributed by atoms with E-state index in [4.69, 9.17) is 11.6 Å². The highest BCUT2D eigenvalue weighted by atomic mass is 35.5. The van der Waals surface area contributed by atoms with Gasteiger partial charge in [-0.1, -0.05) is 29.8 Å². The second-order valence-corrected chi connectivity index (χ2v) is 8.02. The lowest BCUT2D eigenvalue weighted by Gasteiger charge is -2.19. The Morgan fingerprint density at radius 2 is 1.77 bits per heavy atom. The third-order valence-electron chi connectivity index (χ3n) is 4.65. The van der Waals surface area contributed by atoms with E-state index in [2.05, 4.69) is 5.10 Å². The summed E-state index contributed by atoms with van der Waals surface area (Å²) in [7, 11) is 1.61. The minimum Gasteiger partial charge on any atom is -0.310 e. The molecule has 4 rings (SSSR count). The molecule has 0 atom stereocenters. The van der Waals surface area contributed by atoms with E-state index < -0.39 is 11.9 Å². The molecule has 0 aliphatic carbocycles. The number of hydrogen-bond acceptors (Lipinski definition) is 3. The van der Waals surface area contributed by atoms with Crippen LogP contribution in [0, 0.1) is 0 Å². The van der Waals surface area contributed by atoms with Gasteiger partial charge in [0.2, 0.25) is 0 Å². The molecule has 4 aromatic rings. The molecule has 158 valence electrons. The molecular weight excluding hydrogens is 447 g/mol. The van der Waals surface area contributed by atoms with E-state index in [9.17, 15) is 18.0 Å². The lowest BCUT2D eigenvalue weighted by molar-refractivity contribution is -0.141. The third-order valence-corrected chi connectivity index (χ3v) is 5.86. The SMILES string of the molecule is CN(C(=O)c1ccc(-n2nc(C(F)(F)F)cc2-c2cccs2)cc1)c1ccccc1Cl. The fraction of sp³-hybridized carbons (Fsp3) is 0.0909. The Balaban J connectivity index is 1.68. The van der Waals surface area contributed by atoms with Crippen LogP contribution in [-0.2, 0) is 6.18 Å². The van der Waals surface area contributed by atoms with Crippen LogP contribution in [0.2, 0.25) is 5.02 Å². The van der Waals surface area contributed by atoms with Crippen LogP contribution < -0.4 is 4.90 Å². The van der Waals surface area contributed by atoms with Gasteiger partial charge in [0.05, 0.1) is 27.0 Å². The van der Waals surface area contributed by atoms with Crippen molar-refractivity contribution in [1.29, 1.82) is 0 Å². The summed E-state index contributed by atoms with van der Waals surface area (Å²) in [6, 6.07) is 17.7. The van der Waals surface area contributed by atoms with Crippen LogP contribution in [-0.4, -0.2) is 22.7 Å². The van der Waals surface area contributed by atoms with Gasteiger partial charge in [0.15, 0.2) is 5.69 Å². The summed E-state index contributed by atoms with van der Waals surface area (Å²) in [6.07, 6.45) is -4.56. The van der Waals surface area contributed by atoms with Gasteiger partial charge in [0, 0.05) is 12.6 Å². The quantitative estimate of drug-likeness (QED) is 0.345. The van der Waals surface area contributed by atoms with E-state index in [0.29, 0.717) is 32.5 Å². The number of para-hydroxylation sites is 1. The number of hydrogen-bond donors (Lipinski definition) is 0. The highest BCUT2D eigenvalue weighted by Gasteiger charge is 2.35. The molecule has 0 spiro atoms. The number of halogens is 4. The Bertz CT molecular complexity index is 1220. The van der Waals surface area contributed by atoms with Gasteiger partial charge >= 0.3 is 6.18 Å². The van der Waals surface area contributed by atoms with Gasteiger partial charge in [0.25, 0.3) is 5.91 Å². The first-order chi connectivity index (χ1) is 14.8. The van der Waals surface area contributed by atoms with Gasteiger partial charge in [-0.2, -0.15) is 18.3 Å². The number of aromatic nitrogens is 2. The van der Waals surface area contributed by atoms with Gasteiger partial charge < -0.3 is 4.90 Å². The standard InChI is InChI=1S/C22H15ClF3N3OS/c1-28(17-6-3-2-5-16(17)23)21(30)14-8-10-15(11-9-14)29-18(19-7-4-12-31-19)13-20(27-29)22(24,25)26/h2-13H,1H3. The third kappa shape index (κ3) is 4.22. The van der Waals surface area contributed by atoms with Crippen molar-refractivity contribution >= 4 is 34.5 Å². The van der Waals surface area contributed by atoms with Crippen LogP contribution in [0.25, 0.3) is 16.3 Å². The second-order valence-electron chi connectivity index (χ2n) is 6.66. The molecule has 2 heterocycles. The zero-order valence-electron chi connectivity index (χ0n) is 16.1. The van der Waals surface area contributed by atoms with Crippen molar-refractivity contribution in [2.24, 2.45) is 0 Å². The Labute approximate surface area is 185 Å². The average molecular weight is 462 g/mol. The summed E-state index contributed by atoms with van der Waals surface area (Å²) in [6.45, 7) is 0. The van der Waals surface area contributed by atoms with Gasteiger partial charge in [-0.3, -0.25) is 4.79 Å². The molecule has 1 amide bonds. The van der Waals surface area contributed by atoms with E-state index in [0.717, 1.165) is 6.07 Å². The minimum absolute atomic E-state index is 0.297. The number of rotatable bonds is 4.